The third kappa shape index (κ3) is 5.57. The van der Waals surface area contributed by atoms with Crippen LogP contribution in [0, 0.1) is 5.82 Å². The van der Waals surface area contributed by atoms with Gasteiger partial charge in [-0.25, -0.2) is 12.8 Å². The van der Waals surface area contributed by atoms with Gasteiger partial charge < -0.3 is 10.1 Å². The summed E-state index contributed by atoms with van der Waals surface area (Å²) in [4.78, 5) is 12.8. The van der Waals surface area contributed by atoms with Crippen LogP contribution in [0.25, 0.3) is 0 Å². The number of amides is 1. The van der Waals surface area contributed by atoms with Crippen molar-refractivity contribution in [2.75, 3.05) is 18.0 Å². The highest BCUT2D eigenvalue weighted by Gasteiger charge is 2.28. The molecule has 0 heterocycles. The van der Waals surface area contributed by atoms with E-state index in [-0.39, 0.29) is 16.4 Å². The molecule has 3 rings (SSSR count). The number of rotatable bonds is 8. The van der Waals surface area contributed by atoms with Crippen molar-refractivity contribution in [2.45, 2.75) is 17.9 Å². The van der Waals surface area contributed by atoms with Crippen LogP contribution < -0.4 is 14.4 Å². The first-order valence-electron chi connectivity index (χ1n) is 9.68. The molecule has 0 spiro atoms. The van der Waals surface area contributed by atoms with E-state index in [2.05, 4.69) is 5.32 Å². The summed E-state index contributed by atoms with van der Waals surface area (Å²) in [6.45, 7) is 1.26. The molecule has 0 aliphatic heterocycles. The Morgan fingerprint density at radius 3 is 2.34 bits per heavy atom. The van der Waals surface area contributed by atoms with Gasteiger partial charge in [0.15, 0.2) is 0 Å². The lowest BCUT2D eigenvalue weighted by atomic mass is 10.1. The first-order valence-corrected chi connectivity index (χ1v) is 11.5. The first kappa shape index (κ1) is 23.6. The number of methoxy groups -OCH3 is 1. The molecule has 1 N–H and O–H groups in total. The van der Waals surface area contributed by atoms with E-state index in [1.165, 1.54) is 49.6 Å². The summed E-state index contributed by atoms with van der Waals surface area (Å²) in [6, 6.07) is 17.4. The van der Waals surface area contributed by atoms with Crippen molar-refractivity contribution < 1.29 is 22.3 Å². The van der Waals surface area contributed by atoms with Crippen molar-refractivity contribution in [3.8, 4) is 5.75 Å². The maximum atomic E-state index is 13.4. The van der Waals surface area contributed by atoms with Crippen LogP contribution in [-0.2, 0) is 14.8 Å². The molecule has 0 aliphatic rings. The Balaban J connectivity index is 1.89. The quantitative estimate of drug-likeness (QED) is 0.517. The summed E-state index contributed by atoms with van der Waals surface area (Å²) in [5.41, 5.74) is 0.935. The number of halogens is 2. The Hall–Kier alpha value is -3.10. The molecule has 0 saturated heterocycles. The second-order valence-electron chi connectivity index (χ2n) is 7.01. The third-order valence-electron chi connectivity index (χ3n) is 4.78. The molecule has 0 bridgehead atoms. The Morgan fingerprint density at radius 2 is 1.75 bits per heavy atom. The second-order valence-corrected chi connectivity index (χ2v) is 9.31. The van der Waals surface area contributed by atoms with Gasteiger partial charge in [-0.1, -0.05) is 29.8 Å². The van der Waals surface area contributed by atoms with Crippen molar-refractivity contribution in [2.24, 2.45) is 0 Å². The van der Waals surface area contributed by atoms with Crippen molar-refractivity contribution in [3.63, 3.8) is 0 Å². The van der Waals surface area contributed by atoms with Crippen LogP contribution in [-0.4, -0.2) is 28.0 Å². The van der Waals surface area contributed by atoms with Gasteiger partial charge in [-0.05, 0) is 67.1 Å². The molecule has 32 heavy (non-hydrogen) atoms. The first-order chi connectivity index (χ1) is 15.2. The Morgan fingerprint density at radius 1 is 1.09 bits per heavy atom. The fourth-order valence-electron chi connectivity index (χ4n) is 3.07. The molecule has 1 atom stereocenters. The number of hydrogen-bond acceptors (Lipinski definition) is 4. The van der Waals surface area contributed by atoms with Gasteiger partial charge in [0.1, 0.15) is 18.1 Å². The lowest BCUT2D eigenvalue weighted by molar-refractivity contribution is -0.120. The average molecular weight is 477 g/mol. The fraction of sp³-hybridized carbons (Fsp3) is 0.174. The number of sulfonamides is 1. The molecule has 0 aromatic heterocycles. The fourth-order valence-corrected chi connectivity index (χ4v) is 4.67. The minimum atomic E-state index is -4.09. The number of benzene rings is 3. The number of carbonyl (C=O) groups excluding carboxylic acids is 1. The van der Waals surface area contributed by atoms with Gasteiger partial charge in [0.05, 0.1) is 23.7 Å². The third-order valence-corrected chi connectivity index (χ3v) is 6.80. The van der Waals surface area contributed by atoms with Crippen LogP contribution in [0.1, 0.15) is 18.5 Å². The largest absolute Gasteiger partial charge is 0.497 e. The van der Waals surface area contributed by atoms with Gasteiger partial charge in [-0.2, -0.15) is 0 Å². The van der Waals surface area contributed by atoms with Crippen LogP contribution in [0.4, 0.5) is 10.1 Å². The van der Waals surface area contributed by atoms with Gasteiger partial charge in [-0.15, -0.1) is 0 Å². The molecule has 0 fully saturated rings. The highest BCUT2D eigenvalue weighted by Crippen LogP contribution is 2.27. The summed E-state index contributed by atoms with van der Waals surface area (Å²) in [5, 5.41) is 3.08. The zero-order valence-electron chi connectivity index (χ0n) is 17.5. The summed E-state index contributed by atoms with van der Waals surface area (Å²) < 4.78 is 46.0. The van der Waals surface area contributed by atoms with Crippen molar-refractivity contribution in [3.05, 3.63) is 89.2 Å². The molecule has 168 valence electrons. The molecule has 0 aliphatic carbocycles. The van der Waals surface area contributed by atoms with Gasteiger partial charge in [0, 0.05) is 5.02 Å². The number of nitrogens with zero attached hydrogens (tertiary/aromatic N) is 1. The van der Waals surface area contributed by atoms with Gasteiger partial charge >= 0.3 is 0 Å². The van der Waals surface area contributed by atoms with Crippen LogP contribution in [0.2, 0.25) is 5.02 Å². The molecule has 1 amide bonds. The summed E-state index contributed by atoms with van der Waals surface area (Å²) in [5.74, 6) is -0.409. The monoisotopic (exact) mass is 476 g/mol. The van der Waals surface area contributed by atoms with E-state index in [1.54, 1.807) is 37.3 Å². The van der Waals surface area contributed by atoms with Gasteiger partial charge in [0.25, 0.3) is 10.0 Å². The molecule has 3 aromatic rings. The highest BCUT2D eigenvalue weighted by molar-refractivity contribution is 7.92. The summed E-state index contributed by atoms with van der Waals surface area (Å²) in [6.07, 6.45) is 0. The maximum absolute atomic E-state index is 13.4. The smallest absolute Gasteiger partial charge is 0.264 e. The summed E-state index contributed by atoms with van der Waals surface area (Å²) >= 11 is 6.07. The van der Waals surface area contributed by atoms with Crippen molar-refractivity contribution in [1.82, 2.24) is 5.32 Å². The van der Waals surface area contributed by atoms with Crippen LogP contribution in [0.3, 0.4) is 0 Å². The Bertz CT molecular complexity index is 1190. The number of ether oxygens (including phenoxy) is 1. The van der Waals surface area contributed by atoms with Crippen LogP contribution in [0.15, 0.2) is 77.7 Å². The molecular weight excluding hydrogens is 455 g/mol. The molecule has 0 saturated carbocycles. The van der Waals surface area contributed by atoms with E-state index in [4.69, 9.17) is 16.3 Å². The maximum Gasteiger partial charge on any atom is 0.264 e. The Kier molecular flexibility index (Phi) is 7.37. The van der Waals surface area contributed by atoms with E-state index in [9.17, 15) is 17.6 Å². The van der Waals surface area contributed by atoms with Crippen LogP contribution in [0.5, 0.6) is 5.75 Å². The summed E-state index contributed by atoms with van der Waals surface area (Å²) in [7, 11) is -2.61. The van der Waals surface area contributed by atoms with Crippen LogP contribution >= 0.6 is 11.6 Å². The molecule has 6 nitrogen and oxygen atoms in total. The van der Waals surface area contributed by atoms with E-state index < -0.39 is 28.5 Å². The van der Waals surface area contributed by atoms with E-state index >= 15 is 0 Å². The van der Waals surface area contributed by atoms with Gasteiger partial charge in [0.2, 0.25) is 5.91 Å². The zero-order valence-corrected chi connectivity index (χ0v) is 19.0. The zero-order chi connectivity index (χ0) is 23.3. The average Bonchev–Trinajstić information content (AvgIpc) is 2.77. The molecule has 0 radical (unpaired) electrons. The van der Waals surface area contributed by atoms with E-state index in [1.807, 2.05) is 0 Å². The standard InChI is InChI=1S/C23H22ClFN2O4S/c1-16(17-6-8-19(25)9-7-17)26-23(28)15-27(20-5-3-4-18(24)14-20)32(29,30)22-12-10-21(31-2)11-13-22/h3-14,16H,15H2,1-2H3,(H,26,28). The lowest BCUT2D eigenvalue weighted by Crippen LogP contribution is -2.41. The number of anilines is 1. The molecule has 9 heteroatoms. The number of nitrogens with one attached hydrogen (secondary N) is 1. The van der Waals surface area contributed by atoms with E-state index in [0.29, 0.717) is 16.3 Å². The highest BCUT2D eigenvalue weighted by atomic mass is 35.5. The number of hydrogen-bond donors (Lipinski definition) is 1. The lowest BCUT2D eigenvalue weighted by Gasteiger charge is -2.25. The topological polar surface area (TPSA) is 75.7 Å². The predicted molar refractivity (Wildman–Crippen MR) is 122 cm³/mol. The molecule has 3 aromatic carbocycles. The van der Waals surface area contributed by atoms with Crippen molar-refractivity contribution in [1.29, 1.82) is 0 Å². The minimum absolute atomic E-state index is 0.00217. The minimum Gasteiger partial charge on any atom is -0.497 e. The number of carbonyl (C=O) groups is 1. The Labute approximate surface area is 191 Å². The van der Waals surface area contributed by atoms with Crippen molar-refractivity contribution >= 4 is 33.2 Å². The second kappa shape index (κ2) is 10.0. The van der Waals surface area contributed by atoms with E-state index in [0.717, 1.165) is 4.31 Å². The molecule has 1 unspecified atom stereocenters. The normalized spacial score (nSPS) is 12.1. The predicted octanol–water partition coefficient (Wildman–Crippen LogP) is 4.56. The van der Waals surface area contributed by atoms with Gasteiger partial charge in [-0.3, -0.25) is 9.10 Å². The molecular formula is C23H22ClFN2O4S. The SMILES string of the molecule is COc1ccc(S(=O)(=O)N(CC(=O)NC(C)c2ccc(F)cc2)c2cccc(Cl)c2)cc1.